The molecule has 0 bridgehead atoms. The van der Waals surface area contributed by atoms with Crippen LogP contribution in [-0.2, 0) is 15.6 Å². The summed E-state index contributed by atoms with van der Waals surface area (Å²) in [5.41, 5.74) is -7.28. The highest BCUT2D eigenvalue weighted by Crippen LogP contribution is 2.41. The van der Waals surface area contributed by atoms with Gasteiger partial charge in [0.1, 0.15) is 11.5 Å². The standard InChI is InChI=1S/C9H10F3N3O4S/c10-9(11,12)20(18,19)15-8(2-1-3-8)7-13-4-5(14-7)6(16)17/h4,15H,1-3H2,(H,13,14)(H,16,17). The largest absolute Gasteiger partial charge is 0.511 e. The Morgan fingerprint density at radius 2 is 2.05 bits per heavy atom. The Hall–Kier alpha value is -1.62. The first-order valence-electron chi connectivity index (χ1n) is 5.46. The van der Waals surface area contributed by atoms with E-state index >= 15 is 0 Å². The van der Waals surface area contributed by atoms with Gasteiger partial charge in [-0.05, 0) is 19.3 Å². The fourth-order valence-electron chi connectivity index (χ4n) is 1.91. The number of nitrogens with zero attached hydrogens (tertiary/aromatic N) is 1. The summed E-state index contributed by atoms with van der Waals surface area (Å²) in [5.74, 6) is -1.47. The van der Waals surface area contributed by atoms with Gasteiger partial charge in [-0.1, -0.05) is 0 Å². The van der Waals surface area contributed by atoms with Crippen molar-refractivity contribution in [1.82, 2.24) is 14.7 Å². The van der Waals surface area contributed by atoms with Crippen LogP contribution in [0, 0.1) is 0 Å². The molecule has 1 aromatic heterocycles. The molecule has 0 amide bonds. The van der Waals surface area contributed by atoms with E-state index in [0.29, 0.717) is 6.42 Å². The van der Waals surface area contributed by atoms with Crippen molar-refractivity contribution in [2.45, 2.75) is 30.3 Å². The van der Waals surface area contributed by atoms with Crippen LogP contribution in [0.3, 0.4) is 0 Å². The van der Waals surface area contributed by atoms with Crippen LogP contribution in [0.15, 0.2) is 6.20 Å². The SMILES string of the molecule is O=C(O)c1cnc(C2(NS(=O)(=O)C(F)(F)F)CCC2)[nH]1. The van der Waals surface area contributed by atoms with Crippen molar-refractivity contribution in [3.63, 3.8) is 0 Å². The molecule has 0 spiro atoms. The number of imidazole rings is 1. The molecule has 0 aromatic carbocycles. The molecule has 1 aliphatic carbocycles. The second-order valence-electron chi connectivity index (χ2n) is 4.44. The van der Waals surface area contributed by atoms with Crippen LogP contribution in [-0.4, -0.2) is 35.0 Å². The molecule has 20 heavy (non-hydrogen) atoms. The average molecular weight is 313 g/mol. The third-order valence-corrected chi connectivity index (χ3v) is 4.37. The van der Waals surface area contributed by atoms with Gasteiger partial charge in [0, 0.05) is 0 Å². The van der Waals surface area contributed by atoms with Crippen LogP contribution in [0.25, 0.3) is 0 Å². The van der Waals surface area contributed by atoms with Gasteiger partial charge in [0.05, 0.1) is 11.7 Å². The van der Waals surface area contributed by atoms with Gasteiger partial charge in [0.25, 0.3) is 0 Å². The highest BCUT2D eigenvalue weighted by molar-refractivity contribution is 7.90. The van der Waals surface area contributed by atoms with Gasteiger partial charge in [0.2, 0.25) is 0 Å². The molecule has 7 nitrogen and oxygen atoms in total. The van der Waals surface area contributed by atoms with Crippen LogP contribution in [0.5, 0.6) is 0 Å². The molecular weight excluding hydrogens is 303 g/mol. The number of halogens is 3. The molecule has 3 N–H and O–H groups in total. The molecule has 0 unspecified atom stereocenters. The van der Waals surface area contributed by atoms with E-state index in [9.17, 15) is 26.4 Å². The minimum Gasteiger partial charge on any atom is -0.477 e. The number of carboxylic acid groups (broad SMARTS) is 1. The zero-order valence-electron chi connectivity index (χ0n) is 9.86. The van der Waals surface area contributed by atoms with Crippen molar-refractivity contribution in [2.75, 3.05) is 0 Å². The van der Waals surface area contributed by atoms with E-state index in [-0.39, 0.29) is 24.4 Å². The summed E-state index contributed by atoms with van der Waals surface area (Å²) in [4.78, 5) is 16.7. The Kier molecular flexibility index (Phi) is 3.29. The van der Waals surface area contributed by atoms with Crippen LogP contribution in [0.4, 0.5) is 13.2 Å². The van der Waals surface area contributed by atoms with Crippen molar-refractivity contribution in [2.24, 2.45) is 0 Å². The maximum atomic E-state index is 12.4. The van der Waals surface area contributed by atoms with E-state index in [1.807, 2.05) is 0 Å². The zero-order chi connectivity index (χ0) is 15.2. The molecule has 1 saturated carbocycles. The van der Waals surface area contributed by atoms with Crippen molar-refractivity contribution >= 4 is 16.0 Å². The number of rotatable bonds is 4. The normalized spacial score (nSPS) is 18.6. The molecule has 1 aliphatic rings. The lowest BCUT2D eigenvalue weighted by Crippen LogP contribution is -2.54. The highest BCUT2D eigenvalue weighted by atomic mass is 32.2. The molecule has 0 aliphatic heterocycles. The van der Waals surface area contributed by atoms with Gasteiger partial charge in [-0.25, -0.2) is 18.2 Å². The third-order valence-electron chi connectivity index (χ3n) is 3.10. The Morgan fingerprint density at radius 3 is 2.40 bits per heavy atom. The molecule has 2 rings (SSSR count). The van der Waals surface area contributed by atoms with E-state index in [1.165, 1.54) is 0 Å². The minimum absolute atomic E-state index is 0.106. The molecule has 1 heterocycles. The number of hydrogen-bond donors (Lipinski definition) is 3. The number of nitrogens with one attached hydrogen (secondary N) is 2. The van der Waals surface area contributed by atoms with Crippen molar-refractivity contribution < 1.29 is 31.5 Å². The second kappa shape index (κ2) is 4.45. The van der Waals surface area contributed by atoms with Crippen LogP contribution in [0.1, 0.15) is 35.6 Å². The predicted molar refractivity (Wildman–Crippen MR) is 59.2 cm³/mol. The quantitative estimate of drug-likeness (QED) is 0.765. The first-order chi connectivity index (χ1) is 9.07. The van der Waals surface area contributed by atoms with Gasteiger partial charge in [0.15, 0.2) is 0 Å². The number of carbonyl (C=O) groups is 1. The Bertz CT molecular complexity index is 633. The fraction of sp³-hybridized carbons (Fsp3) is 0.556. The Labute approximate surface area is 111 Å². The second-order valence-corrected chi connectivity index (χ2v) is 6.11. The van der Waals surface area contributed by atoms with E-state index in [4.69, 9.17) is 5.11 Å². The van der Waals surface area contributed by atoms with Crippen LogP contribution >= 0.6 is 0 Å². The van der Waals surface area contributed by atoms with E-state index in [0.717, 1.165) is 6.20 Å². The lowest BCUT2D eigenvalue weighted by atomic mass is 9.77. The van der Waals surface area contributed by atoms with Crippen molar-refractivity contribution in [1.29, 1.82) is 0 Å². The summed E-state index contributed by atoms with van der Waals surface area (Å²) in [6, 6.07) is 0. The molecule has 0 radical (unpaired) electrons. The third kappa shape index (κ3) is 2.38. The Balaban J connectivity index is 2.33. The van der Waals surface area contributed by atoms with E-state index in [1.54, 1.807) is 4.72 Å². The smallest absolute Gasteiger partial charge is 0.477 e. The van der Waals surface area contributed by atoms with E-state index in [2.05, 4.69) is 9.97 Å². The maximum absolute atomic E-state index is 12.4. The summed E-state index contributed by atoms with van der Waals surface area (Å²) in [6.45, 7) is 0. The minimum atomic E-state index is -5.53. The summed E-state index contributed by atoms with van der Waals surface area (Å²) < 4.78 is 61.1. The summed E-state index contributed by atoms with van der Waals surface area (Å²) in [6.07, 6.45) is 1.65. The fourth-order valence-corrected chi connectivity index (χ4v) is 2.84. The number of hydrogen-bond acceptors (Lipinski definition) is 4. The number of sulfonamides is 1. The van der Waals surface area contributed by atoms with Gasteiger partial charge in [-0.3, -0.25) is 0 Å². The lowest BCUT2D eigenvalue weighted by Gasteiger charge is -2.40. The molecule has 11 heteroatoms. The number of aromatic nitrogens is 2. The molecule has 1 fully saturated rings. The number of aromatic amines is 1. The molecule has 0 saturated heterocycles. The molecule has 1 aromatic rings. The van der Waals surface area contributed by atoms with Crippen LogP contribution < -0.4 is 4.72 Å². The van der Waals surface area contributed by atoms with E-state index < -0.39 is 27.0 Å². The van der Waals surface area contributed by atoms with Gasteiger partial charge >= 0.3 is 21.5 Å². The molecule has 112 valence electrons. The van der Waals surface area contributed by atoms with Crippen molar-refractivity contribution in [3.8, 4) is 0 Å². The first kappa shape index (κ1) is 14.8. The lowest BCUT2D eigenvalue weighted by molar-refractivity contribution is -0.0465. The average Bonchev–Trinajstić information content (AvgIpc) is 2.71. The number of carboxylic acids is 1. The summed E-state index contributed by atoms with van der Waals surface area (Å²) in [7, 11) is -5.53. The first-order valence-corrected chi connectivity index (χ1v) is 6.95. The highest BCUT2D eigenvalue weighted by Gasteiger charge is 2.53. The van der Waals surface area contributed by atoms with Crippen molar-refractivity contribution in [3.05, 3.63) is 17.7 Å². The molecular formula is C9H10F3N3O4S. The van der Waals surface area contributed by atoms with Gasteiger partial charge in [-0.15, -0.1) is 0 Å². The number of H-pyrrole nitrogens is 1. The maximum Gasteiger partial charge on any atom is 0.511 e. The number of aromatic carboxylic acids is 1. The molecule has 0 atom stereocenters. The van der Waals surface area contributed by atoms with Crippen LogP contribution in [0.2, 0.25) is 0 Å². The monoisotopic (exact) mass is 313 g/mol. The predicted octanol–water partition coefficient (Wildman–Crippen LogP) is 0.926. The summed E-state index contributed by atoms with van der Waals surface area (Å²) in [5, 5.41) is 8.73. The topological polar surface area (TPSA) is 112 Å². The Morgan fingerprint density at radius 1 is 1.45 bits per heavy atom. The summed E-state index contributed by atoms with van der Waals surface area (Å²) >= 11 is 0. The zero-order valence-corrected chi connectivity index (χ0v) is 10.7. The van der Waals surface area contributed by atoms with Gasteiger partial charge in [-0.2, -0.15) is 17.9 Å². The van der Waals surface area contributed by atoms with Gasteiger partial charge < -0.3 is 10.1 Å². The number of alkyl halides is 3.